The van der Waals surface area contributed by atoms with E-state index in [1.807, 2.05) is 86.6 Å². The van der Waals surface area contributed by atoms with E-state index < -0.39 is 23.7 Å². The summed E-state index contributed by atoms with van der Waals surface area (Å²) in [7, 11) is 0. The number of benzene rings is 3. The number of thioether (sulfide) groups is 1. The number of aryl methyl sites for hydroxylation is 2. The van der Waals surface area contributed by atoms with Crippen molar-refractivity contribution in [1.82, 2.24) is 10.6 Å². The van der Waals surface area contributed by atoms with E-state index in [0.717, 1.165) is 22.3 Å². The quantitative estimate of drug-likeness (QED) is 0.256. The highest BCUT2D eigenvalue weighted by Gasteiger charge is 2.25. The summed E-state index contributed by atoms with van der Waals surface area (Å²) in [5.74, 6) is 0.429. The summed E-state index contributed by atoms with van der Waals surface area (Å²) in [4.78, 5) is 37.7. The van der Waals surface area contributed by atoms with Gasteiger partial charge in [0.15, 0.2) is 0 Å². The van der Waals surface area contributed by atoms with Gasteiger partial charge in [-0.25, -0.2) is 9.59 Å². The van der Waals surface area contributed by atoms with Gasteiger partial charge in [0, 0.05) is 18.1 Å². The third-order valence-electron chi connectivity index (χ3n) is 6.03. The van der Waals surface area contributed by atoms with Crippen LogP contribution in [0.25, 0.3) is 0 Å². The Kier molecular flexibility index (Phi) is 11.8. The van der Waals surface area contributed by atoms with E-state index in [9.17, 15) is 14.4 Å². The molecule has 0 aliphatic rings. The lowest BCUT2D eigenvalue weighted by Gasteiger charge is -2.23. The van der Waals surface area contributed by atoms with Gasteiger partial charge < -0.3 is 20.1 Å². The number of nitrogens with one attached hydrogen (secondary N) is 2. The van der Waals surface area contributed by atoms with Crippen LogP contribution in [0.4, 0.5) is 4.79 Å². The largest absolute Gasteiger partial charge is 0.459 e. The Labute approximate surface area is 247 Å². The molecular formula is C33H40N2O5S. The number of rotatable bonds is 12. The molecule has 218 valence electrons. The number of hydrogen-bond acceptors (Lipinski definition) is 6. The molecule has 2 N–H and O–H groups in total. The van der Waals surface area contributed by atoms with Crippen LogP contribution in [0.15, 0.2) is 72.8 Å². The molecule has 3 aromatic carbocycles. The van der Waals surface area contributed by atoms with Crippen LogP contribution < -0.4 is 10.6 Å². The van der Waals surface area contributed by atoms with Gasteiger partial charge in [-0.1, -0.05) is 83.9 Å². The molecule has 0 unspecified atom stereocenters. The van der Waals surface area contributed by atoms with E-state index in [2.05, 4.69) is 10.6 Å². The standard InChI is InChI=1S/C33H40N2O5S/c1-23-6-10-26(11-7-23)19-34-30(36)18-25-14-16-27(17-15-25)20-39-31(37)29(35-32(38)40-33(3,4)5)22-41-21-28-12-8-24(2)9-13-28/h6-17,29H,18-22H2,1-5H3,(H,34,36)(H,35,38)/t29-/m1/s1. The second-order valence-electron chi connectivity index (χ2n) is 11.1. The normalized spacial score (nSPS) is 11.8. The minimum absolute atomic E-state index is 0.0495. The van der Waals surface area contributed by atoms with Gasteiger partial charge in [-0.2, -0.15) is 11.8 Å². The van der Waals surface area contributed by atoms with Crippen molar-refractivity contribution in [1.29, 1.82) is 0 Å². The van der Waals surface area contributed by atoms with Crippen LogP contribution in [0.2, 0.25) is 0 Å². The number of alkyl carbamates (subject to hydrolysis) is 1. The van der Waals surface area contributed by atoms with Crippen molar-refractivity contribution in [3.05, 3.63) is 106 Å². The SMILES string of the molecule is Cc1ccc(CNC(=O)Cc2ccc(COC(=O)[C@@H](CSCc3ccc(C)cc3)NC(=O)OC(C)(C)C)cc2)cc1. The van der Waals surface area contributed by atoms with Crippen LogP contribution in [0.3, 0.4) is 0 Å². The van der Waals surface area contributed by atoms with Crippen LogP contribution in [-0.2, 0) is 44.4 Å². The maximum absolute atomic E-state index is 13.0. The van der Waals surface area contributed by atoms with Gasteiger partial charge in [0.05, 0.1) is 6.42 Å². The zero-order valence-corrected chi connectivity index (χ0v) is 25.3. The van der Waals surface area contributed by atoms with Crippen molar-refractivity contribution in [2.75, 3.05) is 5.75 Å². The van der Waals surface area contributed by atoms with Crippen molar-refractivity contribution < 1.29 is 23.9 Å². The Morgan fingerprint density at radius 2 is 1.32 bits per heavy atom. The van der Waals surface area contributed by atoms with Gasteiger partial charge in [0.25, 0.3) is 0 Å². The number of esters is 1. The Morgan fingerprint density at radius 1 is 0.780 bits per heavy atom. The zero-order valence-electron chi connectivity index (χ0n) is 24.5. The van der Waals surface area contributed by atoms with Crippen molar-refractivity contribution in [2.24, 2.45) is 0 Å². The van der Waals surface area contributed by atoms with Crippen molar-refractivity contribution in [3.8, 4) is 0 Å². The van der Waals surface area contributed by atoms with Gasteiger partial charge in [-0.05, 0) is 56.9 Å². The van der Waals surface area contributed by atoms with Crippen LogP contribution in [-0.4, -0.2) is 35.4 Å². The highest BCUT2D eigenvalue weighted by Crippen LogP contribution is 2.16. The van der Waals surface area contributed by atoms with E-state index >= 15 is 0 Å². The molecule has 0 fully saturated rings. The van der Waals surface area contributed by atoms with Gasteiger partial charge in [0.2, 0.25) is 5.91 Å². The average Bonchev–Trinajstić information content (AvgIpc) is 2.91. The highest BCUT2D eigenvalue weighted by atomic mass is 32.2. The third-order valence-corrected chi connectivity index (χ3v) is 7.13. The Morgan fingerprint density at radius 3 is 1.90 bits per heavy atom. The van der Waals surface area contributed by atoms with Crippen molar-refractivity contribution in [2.45, 2.75) is 71.6 Å². The topological polar surface area (TPSA) is 93.7 Å². The van der Waals surface area contributed by atoms with Crippen molar-refractivity contribution in [3.63, 3.8) is 0 Å². The fourth-order valence-corrected chi connectivity index (χ4v) is 4.76. The third kappa shape index (κ3) is 12.1. The summed E-state index contributed by atoms with van der Waals surface area (Å²) < 4.78 is 10.9. The van der Waals surface area contributed by atoms with E-state index in [1.54, 1.807) is 20.8 Å². The second-order valence-corrected chi connectivity index (χ2v) is 12.1. The number of ether oxygens (including phenoxy) is 2. The fraction of sp³-hybridized carbons (Fsp3) is 0.364. The number of carbonyl (C=O) groups is 3. The summed E-state index contributed by atoms with van der Waals surface area (Å²) >= 11 is 1.53. The van der Waals surface area contributed by atoms with E-state index in [-0.39, 0.29) is 18.9 Å². The minimum Gasteiger partial charge on any atom is -0.459 e. The number of amides is 2. The first kappa shape index (κ1) is 31.7. The molecule has 3 rings (SSSR count). The summed E-state index contributed by atoms with van der Waals surface area (Å²) in [5.41, 5.74) is 5.50. The molecule has 1 atom stereocenters. The van der Waals surface area contributed by atoms with E-state index in [4.69, 9.17) is 9.47 Å². The highest BCUT2D eigenvalue weighted by molar-refractivity contribution is 7.98. The molecular weight excluding hydrogens is 536 g/mol. The molecule has 7 nitrogen and oxygen atoms in total. The summed E-state index contributed by atoms with van der Waals surface area (Å²) in [5, 5.41) is 5.60. The molecule has 0 saturated carbocycles. The monoisotopic (exact) mass is 576 g/mol. The molecule has 0 aliphatic carbocycles. The first-order valence-corrected chi connectivity index (χ1v) is 14.8. The van der Waals surface area contributed by atoms with Crippen LogP contribution in [0, 0.1) is 13.8 Å². The van der Waals surface area contributed by atoms with Gasteiger partial charge in [0.1, 0.15) is 18.2 Å². The average molecular weight is 577 g/mol. The molecule has 0 aromatic heterocycles. The minimum atomic E-state index is -0.864. The molecule has 3 aromatic rings. The fourth-order valence-electron chi connectivity index (χ4n) is 3.76. The predicted octanol–water partition coefficient (Wildman–Crippen LogP) is 6.03. The van der Waals surface area contributed by atoms with Crippen LogP contribution in [0.1, 0.15) is 54.2 Å². The van der Waals surface area contributed by atoms with Crippen LogP contribution in [0.5, 0.6) is 0 Å². The van der Waals surface area contributed by atoms with Gasteiger partial charge in [-0.3, -0.25) is 4.79 Å². The molecule has 41 heavy (non-hydrogen) atoms. The maximum Gasteiger partial charge on any atom is 0.408 e. The summed E-state index contributed by atoms with van der Waals surface area (Å²) in [6, 6.07) is 22.7. The lowest BCUT2D eigenvalue weighted by molar-refractivity contribution is -0.146. The van der Waals surface area contributed by atoms with E-state index in [0.29, 0.717) is 18.1 Å². The molecule has 0 radical (unpaired) electrons. The first-order chi connectivity index (χ1) is 19.5. The smallest absolute Gasteiger partial charge is 0.408 e. The molecule has 0 bridgehead atoms. The Hall–Kier alpha value is -3.78. The first-order valence-electron chi connectivity index (χ1n) is 13.7. The molecule has 8 heteroatoms. The molecule has 0 heterocycles. The Bertz CT molecular complexity index is 1280. The molecule has 0 spiro atoms. The van der Waals surface area contributed by atoms with Gasteiger partial charge >= 0.3 is 12.1 Å². The van der Waals surface area contributed by atoms with Crippen molar-refractivity contribution >= 4 is 29.7 Å². The summed E-state index contributed by atoms with van der Waals surface area (Å²) in [6.45, 7) is 9.89. The Balaban J connectivity index is 1.50. The number of hydrogen-bond donors (Lipinski definition) is 2. The summed E-state index contributed by atoms with van der Waals surface area (Å²) in [6.07, 6.45) is -0.410. The molecule has 0 saturated heterocycles. The van der Waals surface area contributed by atoms with Crippen LogP contribution >= 0.6 is 11.8 Å². The predicted molar refractivity (Wildman–Crippen MR) is 163 cm³/mol. The maximum atomic E-state index is 13.0. The zero-order chi connectivity index (χ0) is 29.8. The lowest BCUT2D eigenvalue weighted by Crippen LogP contribution is -2.45. The van der Waals surface area contributed by atoms with E-state index in [1.165, 1.54) is 22.9 Å². The lowest BCUT2D eigenvalue weighted by atomic mass is 10.1. The van der Waals surface area contributed by atoms with Gasteiger partial charge in [-0.15, -0.1) is 0 Å². The molecule has 0 aliphatic heterocycles. The number of carbonyl (C=O) groups excluding carboxylic acids is 3. The molecule has 2 amide bonds. The second kappa shape index (κ2) is 15.3.